The molecule has 178 valence electrons. The van der Waals surface area contributed by atoms with E-state index in [0.29, 0.717) is 22.8 Å². The maximum absolute atomic E-state index is 10.9. The largest absolute Gasteiger partial charge is 0.390 e. The second kappa shape index (κ2) is 14.3. The Bertz CT molecular complexity index is 1210. The van der Waals surface area contributed by atoms with Crippen molar-refractivity contribution in [3.8, 4) is 11.8 Å². The summed E-state index contributed by atoms with van der Waals surface area (Å²) in [6.45, 7) is 6.24. The van der Waals surface area contributed by atoms with Crippen molar-refractivity contribution in [3.63, 3.8) is 0 Å². The Kier molecular flexibility index (Phi) is 11.8. The Morgan fingerprint density at radius 1 is 1.26 bits per heavy atom. The molecule has 0 aliphatic carbocycles. The number of nitrogens with one attached hydrogen (secondary N) is 2. The standard InChI is InChI=1S/C21H20ClN3O3S.C2H5N3/c1-3-17(13-23)21(18-6-8-19(22)9-7-18)12-15(2)25-14-16-4-10-20(11-5-16)28-29(24,26)27;3-1-5-2-4/h3-12,25H,2,14H2,1H3,(H2,24,26,27);1-2H,(H3,3,4,5)/b17-3-,21-12+;. The van der Waals surface area contributed by atoms with Gasteiger partial charge in [0, 0.05) is 22.8 Å². The van der Waals surface area contributed by atoms with Crippen molar-refractivity contribution in [1.82, 2.24) is 5.32 Å². The summed E-state index contributed by atoms with van der Waals surface area (Å²) in [7, 11) is -4.05. The first-order chi connectivity index (χ1) is 16.1. The van der Waals surface area contributed by atoms with Crippen molar-refractivity contribution in [2.45, 2.75) is 13.5 Å². The monoisotopic (exact) mass is 500 g/mol. The summed E-state index contributed by atoms with van der Waals surface area (Å²) >= 11 is 5.96. The van der Waals surface area contributed by atoms with Gasteiger partial charge in [-0.15, -0.1) is 0 Å². The number of hydrogen-bond donors (Lipinski definition) is 4. The molecular weight excluding hydrogens is 476 g/mol. The van der Waals surface area contributed by atoms with Gasteiger partial charge in [0.25, 0.3) is 0 Å². The first-order valence-corrected chi connectivity index (χ1v) is 11.5. The molecule has 9 nitrogen and oxygen atoms in total. The van der Waals surface area contributed by atoms with Crippen LogP contribution in [0.3, 0.4) is 0 Å². The maximum atomic E-state index is 10.9. The van der Waals surface area contributed by atoms with E-state index in [1.165, 1.54) is 12.1 Å². The first-order valence-electron chi connectivity index (χ1n) is 9.64. The molecule has 0 heterocycles. The highest BCUT2D eigenvalue weighted by Gasteiger charge is 2.08. The molecule has 0 spiro atoms. The van der Waals surface area contributed by atoms with E-state index in [1.54, 1.807) is 43.3 Å². The third kappa shape index (κ3) is 10.6. The summed E-state index contributed by atoms with van der Waals surface area (Å²) in [5.74, 6) is 0.131. The van der Waals surface area contributed by atoms with Gasteiger partial charge in [0.15, 0.2) is 0 Å². The molecule has 6 N–H and O–H groups in total. The quantitative estimate of drug-likeness (QED) is 0.177. The predicted molar refractivity (Wildman–Crippen MR) is 136 cm³/mol. The summed E-state index contributed by atoms with van der Waals surface area (Å²) in [4.78, 5) is 3.17. The van der Waals surface area contributed by atoms with Crippen LogP contribution in [-0.4, -0.2) is 21.1 Å². The van der Waals surface area contributed by atoms with E-state index in [4.69, 9.17) is 27.9 Å². The van der Waals surface area contributed by atoms with Crippen LogP contribution in [0, 0.1) is 16.7 Å². The molecule has 0 fully saturated rings. The lowest BCUT2D eigenvalue weighted by atomic mass is 9.97. The lowest BCUT2D eigenvalue weighted by Gasteiger charge is -2.11. The van der Waals surface area contributed by atoms with E-state index < -0.39 is 10.3 Å². The Hall–Kier alpha value is -3.91. The molecule has 0 amide bonds. The molecule has 0 atom stereocenters. The Balaban J connectivity index is 0.00000104. The van der Waals surface area contributed by atoms with Crippen molar-refractivity contribution < 1.29 is 12.6 Å². The van der Waals surface area contributed by atoms with Gasteiger partial charge >= 0.3 is 10.3 Å². The van der Waals surface area contributed by atoms with Crippen LogP contribution >= 0.6 is 11.6 Å². The minimum atomic E-state index is -4.05. The highest BCUT2D eigenvalue weighted by Crippen LogP contribution is 2.25. The van der Waals surface area contributed by atoms with Crippen LogP contribution < -0.4 is 20.4 Å². The molecule has 2 rings (SSSR count). The number of hydrogen-bond acceptors (Lipinski definition) is 6. The third-order valence-electron chi connectivity index (χ3n) is 3.99. The second-order valence-corrected chi connectivity index (χ2v) is 7.99. The van der Waals surface area contributed by atoms with E-state index in [1.807, 2.05) is 12.1 Å². The van der Waals surface area contributed by atoms with Crippen molar-refractivity contribution >= 4 is 40.2 Å². The average Bonchev–Trinajstić information content (AvgIpc) is 2.79. The van der Waals surface area contributed by atoms with Crippen LogP contribution in [0.25, 0.3) is 5.57 Å². The van der Waals surface area contributed by atoms with Crippen LogP contribution in [0.15, 0.2) is 83.5 Å². The van der Waals surface area contributed by atoms with Gasteiger partial charge in [-0.2, -0.15) is 18.8 Å². The number of aliphatic imine (C=N–C) groups is 1. The summed E-state index contributed by atoms with van der Waals surface area (Å²) < 4.78 is 26.5. The molecule has 0 saturated heterocycles. The molecule has 34 heavy (non-hydrogen) atoms. The molecule has 11 heteroatoms. The molecule has 0 aromatic heterocycles. The number of benzene rings is 2. The molecule has 2 aromatic rings. The first kappa shape index (κ1) is 28.1. The Morgan fingerprint density at radius 2 is 1.88 bits per heavy atom. The number of nitrogens with zero attached hydrogens (tertiary/aromatic N) is 2. The highest BCUT2D eigenvalue weighted by atomic mass is 35.5. The molecule has 0 saturated carbocycles. The third-order valence-corrected chi connectivity index (χ3v) is 4.67. The SMILES string of the molecule is C=C(/C=C(\C(C#N)=C/C)c1ccc(Cl)cc1)NCc1ccc(OS(N)(=O)=O)cc1.N=CN=CN. The maximum Gasteiger partial charge on any atom is 0.380 e. The number of nitriles is 1. The van der Waals surface area contributed by atoms with E-state index in [2.05, 4.69) is 27.1 Å². The topological polar surface area (TPSA) is 167 Å². The van der Waals surface area contributed by atoms with Crippen LogP contribution in [0.1, 0.15) is 18.1 Å². The van der Waals surface area contributed by atoms with Crippen molar-refractivity contribution in [1.29, 1.82) is 10.7 Å². The fourth-order valence-corrected chi connectivity index (χ4v) is 3.01. The van der Waals surface area contributed by atoms with E-state index in [9.17, 15) is 13.7 Å². The van der Waals surface area contributed by atoms with Crippen LogP contribution in [-0.2, 0) is 16.8 Å². The lowest BCUT2D eigenvalue weighted by Crippen LogP contribution is -2.19. The van der Waals surface area contributed by atoms with Crippen molar-refractivity contribution in [3.05, 3.63) is 94.7 Å². The minimum Gasteiger partial charge on any atom is -0.390 e. The van der Waals surface area contributed by atoms with Gasteiger partial charge < -0.3 is 15.2 Å². The molecule has 0 bridgehead atoms. The Labute approximate surface area is 204 Å². The van der Waals surface area contributed by atoms with Crippen LogP contribution in [0.4, 0.5) is 0 Å². The van der Waals surface area contributed by atoms with E-state index in [-0.39, 0.29) is 5.75 Å². The fourth-order valence-electron chi connectivity index (χ4n) is 2.51. The van der Waals surface area contributed by atoms with Crippen LogP contribution in [0.2, 0.25) is 5.02 Å². The number of halogens is 1. The normalized spacial score (nSPS) is 11.7. The minimum absolute atomic E-state index is 0.131. The smallest absolute Gasteiger partial charge is 0.380 e. The summed E-state index contributed by atoms with van der Waals surface area (Å²) in [6.07, 6.45) is 5.46. The zero-order valence-electron chi connectivity index (χ0n) is 18.4. The zero-order chi connectivity index (χ0) is 25.6. The summed E-state index contributed by atoms with van der Waals surface area (Å²) in [6, 6.07) is 15.8. The molecule has 0 radical (unpaired) electrons. The van der Waals surface area contributed by atoms with Gasteiger partial charge in [0.1, 0.15) is 12.1 Å². The second-order valence-electron chi connectivity index (χ2n) is 6.41. The average molecular weight is 501 g/mol. The van der Waals surface area contributed by atoms with Gasteiger partial charge in [-0.05, 0) is 48.4 Å². The van der Waals surface area contributed by atoms with Gasteiger partial charge in [-0.3, -0.25) is 5.41 Å². The predicted octanol–water partition coefficient (Wildman–Crippen LogP) is 3.66. The van der Waals surface area contributed by atoms with Gasteiger partial charge in [-0.1, -0.05) is 48.5 Å². The van der Waals surface area contributed by atoms with Gasteiger partial charge in [-0.25, -0.2) is 4.99 Å². The van der Waals surface area contributed by atoms with Crippen molar-refractivity contribution in [2.24, 2.45) is 15.9 Å². The van der Waals surface area contributed by atoms with Crippen molar-refractivity contribution in [2.75, 3.05) is 0 Å². The summed E-state index contributed by atoms with van der Waals surface area (Å²) in [5, 5.41) is 24.3. The zero-order valence-corrected chi connectivity index (χ0v) is 20.0. The molecule has 0 aliphatic rings. The molecule has 0 aliphatic heterocycles. The lowest BCUT2D eigenvalue weighted by molar-refractivity contribution is 0.487. The van der Waals surface area contributed by atoms with Crippen LogP contribution in [0.5, 0.6) is 5.75 Å². The fraction of sp³-hybridized carbons (Fsp3) is 0.0870. The number of rotatable bonds is 9. The number of allylic oxidation sites excluding steroid dienone is 4. The number of nitrogens with two attached hydrogens (primary N) is 2. The van der Waals surface area contributed by atoms with E-state index in [0.717, 1.165) is 29.4 Å². The molecule has 0 unspecified atom stereocenters. The molecule has 2 aromatic carbocycles. The highest BCUT2D eigenvalue weighted by molar-refractivity contribution is 7.84. The van der Waals surface area contributed by atoms with Gasteiger partial charge in [0.2, 0.25) is 0 Å². The van der Waals surface area contributed by atoms with Gasteiger partial charge in [0.05, 0.1) is 18.0 Å². The summed E-state index contributed by atoms with van der Waals surface area (Å²) in [5.41, 5.74) is 8.26. The Morgan fingerprint density at radius 3 is 2.32 bits per heavy atom. The van der Waals surface area contributed by atoms with E-state index >= 15 is 0 Å². The molecular formula is C23H25ClN6O3S.